The van der Waals surface area contributed by atoms with Crippen molar-refractivity contribution in [2.45, 2.75) is 11.8 Å². The van der Waals surface area contributed by atoms with Gasteiger partial charge in [-0.25, -0.2) is 22.0 Å². The molecule has 0 amide bonds. The predicted octanol–water partition coefficient (Wildman–Crippen LogP) is 0.728. The smallest absolute Gasteiger partial charge is 0.258 e. The standard InChI is InChI=1S/C9H11BrN2O6S2/c1-6-4-9(7(10)5-8(6)12(13)14)19(15,16)2-3-20(11,17)18/h4-5H,2-3H2,1H3,(H2,11,17,18). The maximum absolute atomic E-state index is 12.0. The minimum atomic E-state index is -3.92. The Labute approximate surface area is 124 Å². The van der Waals surface area contributed by atoms with E-state index in [-0.39, 0.29) is 20.6 Å². The van der Waals surface area contributed by atoms with Gasteiger partial charge in [-0.3, -0.25) is 10.1 Å². The SMILES string of the molecule is Cc1cc(S(=O)(=O)CCS(N)(=O)=O)c(Br)cc1[N+](=O)[O-]. The van der Waals surface area contributed by atoms with Crippen LogP contribution in [0.1, 0.15) is 5.56 Å². The monoisotopic (exact) mass is 386 g/mol. The summed E-state index contributed by atoms with van der Waals surface area (Å²) in [6, 6.07) is 2.19. The summed E-state index contributed by atoms with van der Waals surface area (Å²) < 4.78 is 45.7. The molecule has 0 aliphatic rings. The van der Waals surface area contributed by atoms with Crippen molar-refractivity contribution < 1.29 is 21.8 Å². The summed E-state index contributed by atoms with van der Waals surface area (Å²) in [5.74, 6) is -1.42. The molecule has 0 aliphatic heterocycles. The van der Waals surface area contributed by atoms with Crippen molar-refractivity contribution in [3.05, 3.63) is 32.3 Å². The molecule has 0 aromatic heterocycles. The molecule has 0 fully saturated rings. The highest BCUT2D eigenvalue weighted by Gasteiger charge is 2.24. The average Bonchev–Trinajstić information content (AvgIpc) is 2.28. The molecule has 0 spiro atoms. The van der Waals surface area contributed by atoms with Crippen LogP contribution in [0, 0.1) is 17.0 Å². The number of primary sulfonamides is 1. The lowest BCUT2D eigenvalue weighted by atomic mass is 10.2. The molecule has 2 N–H and O–H groups in total. The predicted molar refractivity (Wildman–Crippen MR) is 75.6 cm³/mol. The van der Waals surface area contributed by atoms with Crippen LogP contribution in [0.2, 0.25) is 0 Å². The minimum absolute atomic E-state index is 0.00391. The Morgan fingerprint density at radius 3 is 2.25 bits per heavy atom. The Morgan fingerprint density at radius 2 is 1.80 bits per heavy atom. The van der Waals surface area contributed by atoms with Crippen molar-refractivity contribution in [1.29, 1.82) is 0 Å². The second-order valence-corrected chi connectivity index (χ2v) is 8.68. The fourth-order valence-corrected chi connectivity index (χ4v) is 5.23. The molecule has 0 heterocycles. The number of rotatable bonds is 5. The number of halogens is 1. The summed E-state index contributed by atoms with van der Waals surface area (Å²) in [5, 5.41) is 15.5. The first-order valence-corrected chi connectivity index (χ1v) is 9.28. The summed E-state index contributed by atoms with van der Waals surface area (Å²) in [6.07, 6.45) is 0. The van der Waals surface area contributed by atoms with Crippen LogP contribution in [0.25, 0.3) is 0 Å². The van der Waals surface area contributed by atoms with Crippen LogP contribution in [0.4, 0.5) is 5.69 Å². The molecule has 20 heavy (non-hydrogen) atoms. The molecule has 0 radical (unpaired) electrons. The zero-order valence-electron chi connectivity index (χ0n) is 10.2. The number of nitrogens with zero attached hydrogens (tertiary/aromatic N) is 1. The van der Waals surface area contributed by atoms with Gasteiger partial charge in [-0.2, -0.15) is 0 Å². The molecule has 0 saturated carbocycles. The molecule has 1 rings (SSSR count). The number of sulfonamides is 1. The van der Waals surface area contributed by atoms with E-state index in [1.54, 1.807) is 0 Å². The zero-order valence-corrected chi connectivity index (χ0v) is 13.5. The normalized spacial score (nSPS) is 12.3. The Bertz CT molecular complexity index is 757. The van der Waals surface area contributed by atoms with Crippen LogP contribution in [0.5, 0.6) is 0 Å². The van der Waals surface area contributed by atoms with Gasteiger partial charge in [0.2, 0.25) is 10.0 Å². The first-order chi connectivity index (χ1) is 8.94. The molecule has 112 valence electrons. The van der Waals surface area contributed by atoms with Crippen molar-refractivity contribution in [1.82, 2.24) is 0 Å². The number of aryl methyl sites for hydroxylation is 1. The van der Waals surface area contributed by atoms with Gasteiger partial charge in [0.25, 0.3) is 5.69 Å². The molecule has 1 aromatic carbocycles. The van der Waals surface area contributed by atoms with Crippen LogP contribution in [-0.4, -0.2) is 33.3 Å². The Kier molecular flexibility index (Phi) is 4.90. The Hall–Kier alpha value is -1.04. The molecule has 11 heteroatoms. The van der Waals surface area contributed by atoms with Crippen LogP contribution < -0.4 is 5.14 Å². The lowest BCUT2D eigenvalue weighted by Crippen LogP contribution is -2.23. The number of hydrogen-bond acceptors (Lipinski definition) is 6. The van der Waals surface area contributed by atoms with Crippen LogP contribution in [0.3, 0.4) is 0 Å². The van der Waals surface area contributed by atoms with Gasteiger partial charge < -0.3 is 0 Å². The van der Waals surface area contributed by atoms with Crippen molar-refractivity contribution in [3.8, 4) is 0 Å². The van der Waals surface area contributed by atoms with E-state index in [2.05, 4.69) is 15.9 Å². The van der Waals surface area contributed by atoms with Gasteiger partial charge in [-0.15, -0.1) is 0 Å². The number of nitro groups is 1. The molecule has 0 bridgehead atoms. The molecule has 1 aromatic rings. The quantitative estimate of drug-likeness (QED) is 0.584. The molecule has 0 saturated heterocycles. The molecule has 0 aliphatic carbocycles. The Balaban J connectivity index is 3.27. The average molecular weight is 387 g/mol. The van der Waals surface area contributed by atoms with E-state index in [1.807, 2.05) is 0 Å². The van der Waals surface area contributed by atoms with E-state index < -0.39 is 36.3 Å². The van der Waals surface area contributed by atoms with Crippen molar-refractivity contribution in [3.63, 3.8) is 0 Å². The molecule has 0 atom stereocenters. The Morgan fingerprint density at radius 1 is 1.25 bits per heavy atom. The second kappa shape index (κ2) is 5.76. The van der Waals surface area contributed by atoms with E-state index in [4.69, 9.17) is 5.14 Å². The summed E-state index contributed by atoms with van der Waals surface area (Å²) in [7, 11) is -7.83. The van der Waals surface area contributed by atoms with E-state index in [1.165, 1.54) is 6.92 Å². The third-order valence-corrected chi connectivity index (χ3v) is 6.12. The van der Waals surface area contributed by atoms with Gasteiger partial charge in [0.05, 0.1) is 21.3 Å². The maximum Gasteiger partial charge on any atom is 0.273 e. The zero-order chi connectivity index (χ0) is 15.7. The first kappa shape index (κ1) is 17.0. The largest absolute Gasteiger partial charge is 0.273 e. The number of benzene rings is 1. The summed E-state index contributed by atoms with van der Waals surface area (Å²) in [4.78, 5) is 9.89. The van der Waals surface area contributed by atoms with E-state index >= 15 is 0 Å². The highest BCUT2D eigenvalue weighted by atomic mass is 79.9. The van der Waals surface area contributed by atoms with Crippen molar-refractivity contribution >= 4 is 41.5 Å². The lowest BCUT2D eigenvalue weighted by Gasteiger charge is -2.08. The fourth-order valence-electron chi connectivity index (χ4n) is 1.42. The summed E-state index contributed by atoms with van der Waals surface area (Å²) in [5.41, 5.74) is -0.0744. The number of hydrogen-bond donors (Lipinski definition) is 1. The number of nitrogens with two attached hydrogens (primary N) is 1. The first-order valence-electron chi connectivity index (χ1n) is 5.12. The van der Waals surface area contributed by atoms with Gasteiger partial charge >= 0.3 is 0 Å². The molecular weight excluding hydrogens is 376 g/mol. The van der Waals surface area contributed by atoms with Gasteiger partial charge in [0.15, 0.2) is 9.84 Å². The third kappa shape index (κ3) is 4.23. The molecule has 8 nitrogen and oxygen atoms in total. The van der Waals surface area contributed by atoms with E-state index in [9.17, 15) is 26.9 Å². The third-order valence-electron chi connectivity index (χ3n) is 2.42. The van der Waals surface area contributed by atoms with Gasteiger partial charge in [0, 0.05) is 16.1 Å². The van der Waals surface area contributed by atoms with Crippen LogP contribution >= 0.6 is 15.9 Å². The van der Waals surface area contributed by atoms with E-state index in [0.717, 1.165) is 12.1 Å². The fraction of sp³-hybridized carbons (Fsp3) is 0.333. The number of nitro benzene ring substituents is 1. The molecular formula is C9H11BrN2O6S2. The summed E-state index contributed by atoms with van der Waals surface area (Å²) in [6.45, 7) is 1.39. The highest BCUT2D eigenvalue weighted by Crippen LogP contribution is 2.30. The van der Waals surface area contributed by atoms with Crippen molar-refractivity contribution in [2.24, 2.45) is 5.14 Å². The maximum atomic E-state index is 12.0. The number of sulfone groups is 1. The topological polar surface area (TPSA) is 137 Å². The lowest BCUT2D eigenvalue weighted by molar-refractivity contribution is -0.385. The molecule has 0 unspecified atom stereocenters. The van der Waals surface area contributed by atoms with Crippen molar-refractivity contribution in [2.75, 3.05) is 11.5 Å². The van der Waals surface area contributed by atoms with Crippen LogP contribution in [0.15, 0.2) is 21.5 Å². The minimum Gasteiger partial charge on any atom is -0.258 e. The van der Waals surface area contributed by atoms with Gasteiger partial charge in [0.1, 0.15) is 0 Å². The van der Waals surface area contributed by atoms with Gasteiger partial charge in [-0.05, 0) is 28.9 Å². The van der Waals surface area contributed by atoms with Gasteiger partial charge in [-0.1, -0.05) is 0 Å². The van der Waals surface area contributed by atoms with E-state index in [0.29, 0.717) is 0 Å². The second-order valence-electron chi connectivity index (χ2n) is 4.01. The highest BCUT2D eigenvalue weighted by molar-refractivity contribution is 9.10. The van der Waals surface area contributed by atoms with Crippen LogP contribution in [-0.2, 0) is 19.9 Å². The summed E-state index contributed by atoms with van der Waals surface area (Å²) >= 11 is 2.94.